The third-order valence-corrected chi connectivity index (χ3v) is 10.9. The number of fused-ring (bicyclic) bond motifs is 7. The summed E-state index contributed by atoms with van der Waals surface area (Å²) in [4.78, 5) is 2.38. The summed E-state index contributed by atoms with van der Waals surface area (Å²) in [6.07, 6.45) is 0. The van der Waals surface area contributed by atoms with E-state index in [2.05, 4.69) is 183 Å². The summed E-state index contributed by atoms with van der Waals surface area (Å²) < 4.78 is 6.39. The summed E-state index contributed by atoms with van der Waals surface area (Å²) >= 11 is 0. The molecule has 0 atom stereocenters. The van der Waals surface area contributed by atoms with Crippen LogP contribution < -0.4 is 4.90 Å². The fraction of sp³-hybridized carbons (Fsp3) is 0.0612. The van der Waals surface area contributed by atoms with E-state index in [9.17, 15) is 0 Å². The van der Waals surface area contributed by atoms with Gasteiger partial charge in [-0.15, -0.1) is 0 Å². The van der Waals surface area contributed by atoms with Crippen molar-refractivity contribution in [1.82, 2.24) is 0 Å². The minimum atomic E-state index is -0.0326. The summed E-state index contributed by atoms with van der Waals surface area (Å²) in [6.45, 7) is 4.68. The summed E-state index contributed by atoms with van der Waals surface area (Å²) in [5.41, 5.74) is 15.3. The second kappa shape index (κ2) is 11.3. The monoisotopic (exact) mass is 653 g/mol. The highest BCUT2D eigenvalue weighted by Gasteiger charge is 2.35. The number of hydrogen-bond donors (Lipinski definition) is 0. The van der Waals surface area contributed by atoms with Crippen molar-refractivity contribution in [2.24, 2.45) is 0 Å². The molecule has 0 fully saturated rings. The van der Waals surface area contributed by atoms with Gasteiger partial charge in [0, 0.05) is 38.5 Å². The zero-order valence-corrected chi connectivity index (χ0v) is 28.6. The molecule has 1 aromatic heterocycles. The molecule has 9 aromatic rings. The SMILES string of the molecule is CC1(C)c2ccccc2-c2ccc(-c3ccc(N(c4ccc(-c5cccc6c5oc5ccccc56)cc4)c4cccc5ccccc45)cc3)cc21. The number of furan rings is 1. The molecule has 8 aromatic carbocycles. The van der Waals surface area contributed by atoms with E-state index in [1.165, 1.54) is 44.2 Å². The lowest BCUT2D eigenvalue weighted by Crippen LogP contribution is -2.14. The minimum Gasteiger partial charge on any atom is -0.455 e. The van der Waals surface area contributed by atoms with Crippen LogP contribution in [0.25, 0.3) is 66.1 Å². The van der Waals surface area contributed by atoms with Gasteiger partial charge < -0.3 is 9.32 Å². The van der Waals surface area contributed by atoms with Crippen LogP contribution in [0.3, 0.4) is 0 Å². The molecule has 0 aliphatic heterocycles. The first-order valence-corrected chi connectivity index (χ1v) is 17.7. The zero-order chi connectivity index (χ0) is 34.1. The maximum absolute atomic E-state index is 6.39. The Kier molecular flexibility index (Phi) is 6.56. The lowest BCUT2D eigenvalue weighted by molar-refractivity contribution is 0.660. The van der Waals surface area contributed by atoms with Crippen LogP contribution in [0.15, 0.2) is 180 Å². The summed E-state index contributed by atoms with van der Waals surface area (Å²) in [5.74, 6) is 0. The number of para-hydroxylation sites is 2. The Labute approximate surface area is 297 Å². The molecule has 1 aliphatic rings. The van der Waals surface area contributed by atoms with Crippen LogP contribution in [0.5, 0.6) is 0 Å². The van der Waals surface area contributed by atoms with Crippen LogP contribution in [-0.2, 0) is 5.41 Å². The van der Waals surface area contributed by atoms with E-state index in [-0.39, 0.29) is 5.41 Å². The molecular weight excluding hydrogens is 619 g/mol. The van der Waals surface area contributed by atoms with Gasteiger partial charge in [0.2, 0.25) is 0 Å². The van der Waals surface area contributed by atoms with Gasteiger partial charge in [0.15, 0.2) is 0 Å². The van der Waals surface area contributed by atoms with E-state index < -0.39 is 0 Å². The van der Waals surface area contributed by atoms with Gasteiger partial charge >= 0.3 is 0 Å². The average Bonchev–Trinajstić information content (AvgIpc) is 3.68. The van der Waals surface area contributed by atoms with Crippen LogP contribution in [0.2, 0.25) is 0 Å². The molecule has 242 valence electrons. The molecule has 0 N–H and O–H groups in total. The predicted molar refractivity (Wildman–Crippen MR) is 214 cm³/mol. The second-order valence-corrected chi connectivity index (χ2v) is 14.1. The van der Waals surface area contributed by atoms with Crippen LogP contribution in [0.1, 0.15) is 25.0 Å². The third kappa shape index (κ3) is 4.64. The number of nitrogens with zero attached hydrogens (tertiary/aromatic N) is 1. The number of benzene rings is 8. The van der Waals surface area contributed by atoms with E-state index in [4.69, 9.17) is 4.42 Å². The number of anilines is 3. The average molecular weight is 654 g/mol. The Balaban J connectivity index is 1.06. The molecule has 2 nitrogen and oxygen atoms in total. The van der Waals surface area contributed by atoms with Gasteiger partial charge in [-0.3, -0.25) is 0 Å². The van der Waals surface area contributed by atoms with Gasteiger partial charge in [-0.2, -0.15) is 0 Å². The predicted octanol–water partition coefficient (Wildman–Crippen LogP) is 13.8. The summed E-state index contributed by atoms with van der Waals surface area (Å²) in [6, 6.07) is 63.6. The van der Waals surface area contributed by atoms with Crippen LogP contribution in [0, 0.1) is 0 Å². The third-order valence-electron chi connectivity index (χ3n) is 10.9. The van der Waals surface area contributed by atoms with Gasteiger partial charge in [-0.25, -0.2) is 0 Å². The van der Waals surface area contributed by atoms with Crippen molar-refractivity contribution in [2.75, 3.05) is 4.90 Å². The number of hydrogen-bond acceptors (Lipinski definition) is 2. The smallest absolute Gasteiger partial charge is 0.143 e. The first kappa shape index (κ1) is 29.5. The van der Waals surface area contributed by atoms with Crippen molar-refractivity contribution < 1.29 is 4.42 Å². The largest absolute Gasteiger partial charge is 0.455 e. The highest BCUT2D eigenvalue weighted by molar-refractivity contribution is 6.09. The lowest BCUT2D eigenvalue weighted by atomic mass is 9.81. The molecular formula is C49H35NO. The van der Waals surface area contributed by atoms with Crippen LogP contribution in [-0.4, -0.2) is 0 Å². The second-order valence-electron chi connectivity index (χ2n) is 14.1. The van der Waals surface area contributed by atoms with E-state index in [1.54, 1.807) is 0 Å². The molecule has 0 saturated heterocycles. The fourth-order valence-corrected chi connectivity index (χ4v) is 8.28. The highest BCUT2D eigenvalue weighted by Crippen LogP contribution is 2.50. The Bertz CT molecular complexity index is 2760. The van der Waals surface area contributed by atoms with Crippen LogP contribution in [0.4, 0.5) is 17.1 Å². The quantitative estimate of drug-likeness (QED) is 0.184. The van der Waals surface area contributed by atoms with Gasteiger partial charge in [0.05, 0.1) is 5.69 Å². The van der Waals surface area contributed by atoms with Crippen molar-refractivity contribution >= 4 is 49.8 Å². The first-order valence-electron chi connectivity index (χ1n) is 17.7. The van der Waals surface area contributed by atoms with E-state index in [0.717, 1.165) is 50.1 Å². The standard InChI is InChI=1S/C49H35NO/c1-49(2)44-18-7-5-14-40(44)41-30-25-35(31-45(41)49)32-21-26-36(27-22-32)50(46-19-9-12-33-11-3-4-13-38(33)46)37-28-23-34(24-29-37)39-16-10-17-43-42-15-6-8-20-47(42)51-48(39)43/h3-31H,1-2H3. The summed E-state index contributed by atoms with van der Waals surface area (Å²) in [5, 5.41) is 4.71. The van der Waals surface area contributed by atoms with Gasteiger partial charge in [-0.1, -0.05) is 147 Å². The van der Waals surface area contributed by atoms with Crippen molar-refractivity contribution in [1.29, 1.82) is 0 Å². The van der Waals surface area contributed by atoms with Crippen molar-refractivity contribution in [2.45, 2.75) is 19.3 Å². The summed E-state index contributed by atoms with van der Waals surface area (Å²) in [7, 11) is 0. The maximum atomic E-state index is 6.39. The Morgan fingerprint density at radius 3 is 1.84 bits per heavy atom. The van der Waals surface area contributed by atoms with E-state index in [0.29, 0.717) is 0 Å². The Hall–Kier alpha value is -6.38. The number of rotatable bonds is 5. The molecule has 1 aliphatic carbocycles. The Morgan fingerprint density at radius 2 is 1.02 bits per heavy atom. The van der Waals surface area contributed by atoms with Crippen molar-refractivity contribution in [3.05, 3.63) is 187 Å². The molecule has 2 heteroatoms. The molecule has 0 unspecified atom stereocenters. The fourth-order valence-electron chi connectivity index (χ4n) is 8.28. The van der Waals surface area contributed by atoms with Gasteiger partial charge in [0.1, 0.15) is 11.2 Å². The Morgan fingerprint density at radius 1 is 0.431 bits per heavy atom. The van der Waals surface area contributed by atoms with E-state index >= 15 is 0 Å². The minimum absolute atomic E-state index is 0.0326. The zero-order valence-electron chi connectivity index (χ0n) is 28.6. The molecule has 0 spiro atoms. The highest BCUT2D eigenvalue weighted by atomic mass is 16.3. The molecule has 10 rings (SSSR count). The van der Waals surface area contributed by atoms with Gasteiger partial charge in [0.25, 0.3) is 0 Å². The molecule has 0 radical (unpaired) electrons. The normalized spacial score (nSPS) is 13.1. The molecule has 0 bridgehead atoms. The first-order chi connectivity index (χ1) is 25.0. The molecule has 0 saturated carbocycles. The topological polar surface area (TPSA) is 16.4 Å². The molecule has 1 heterocycles. The lowest BCUT2D eigenvalue weighted by Gasteiger charge is -2.27. The van der Waals surface area contributed by atoms with Crippen molar-refractivity contribution in [3.63, 3.8) is 0 Å². The molecule has 51 heavy (non-hydrogen) atoms. The van der Waals surface area contributed by atoms with Crippen molar-refractivity contribution in [3.8, 4) is 33.4 Å². The van der Waals surface area contributed by atoms with Crippen LogP contribution >= 0.6 is 0 Å². The van der Waals surface area contributed by atoms with E-state index in [1.807, 2.05) is 12.1 Å². The molecule has 0 amide bonds. The van der Waals surface area contributed by atoms with Gasteiger partial charge in [-0.05, 0) is 86.8 Å². The maximum Gasteiger partial charge on any atom is 0.143 e.